The zero-order chi connectivity index (χ0) is 33.3. The molecule has 5 rings (SSSR count). The van der Waals surface area contributed by atoms with E-state index in [9.17, 15) is 28.7 Å². The first-order chi connectivity index (χ1) is 21.9. The van der Waals surface area contributed by atoms with E-state index in [4.69, 9.17) is 21.1 Å². The zero-order valence-corrected chi connectivity index (χ0v) is 26.8. The van der Waals surface area contributed by atoms with E-state index in [-0.39, 0.29) is 47.5 Å². The molecular weight excluding hydrogens is 640 g/mol. The highest BCUT2D eigenvalue weighted by molar-refractivity contribution is 7.18. The summed E-state index contributed by atoms with van der Waals surface area (Å²) in [7, 11) is 3.47. The third-order valence-corrected chi connectivity index (χ3v) is 8.48. The number of fused-ring (bicyclic) bond motifs is 2. The third-order valence-electron chi connectivity index (χ3n) is 7.25. The molecule has 0 aliphatic heterocycles. The monoisotopic (exact) mass is 667 g/mol. The minimum absolute atomic E-state index is 0.0107. The summed E-state index contributed by atoms with van der Waals surface area (Å²) in [6.07, 6.45) is 0.567. The highest BCUT2D eigenvalue weighted by atomic mass is 35.5. The molecule has 0 bridgehead atoms. The van der Waals surface area contributed by atoms with Crippen LogP contribution in [0.1, 0.15) is 39.9 Å². The zero-order valence-electron chi connectivity index (χ0n) is 25.2. The molecule has 0 atom stereocenters. The topological polar surface area (TPSA) is 131 Å². The summed E-state index contributed by atoms with van der Waals surface area (Å²) in [6.45, 7) is 0.532. The van der Waals surface area contributed by atoms with Crippen LogP contribution in [0.25, 0.3) is 32.2 Å². The quantitative estimate of drug-likeness (QED) is 0.168. The van der Waals surface area contributed by atoms with Crippen LogP contribution in [0, 0.1) is 18.3 Å². The first-order valence-electron chi connectivity index (χ1n) is 14.1. The fourth-order valence-electron chi connectivity index (χ4n) is 5.26. The number of aromatic carboxylic acids is 1. The summed E-state index contributed by atoms with van der Waals surface area (Å²) in [5.41, 5.74) is 2.07. The normalized spacial score (nSPS) is 11.5. The fourth-order valence-corrected chi connectivity index (χ4v) is 6.44. The number of carboxylic acid groups (broad SMARTS) is 1. The number of carbonyl (C=O) groups is 1. The van der Waals surface area contributed by atoms with Crippen LogP contribution in [-0.4, -0.2) is 57.8 Å². The maximum Gasteiger partial charge on any atom is 0.387 e. The Morgan fingerprint density at radius 3 is 2.63 bits per heavy atom. The maximum absolute atomic E-state index is 13.7. The highest BCUT2D eigenvalue weighted by Crippen LogP contribution is 2.40. The molecule has 5 aromatic rings. The number of nitriles is 1. The minimum atomic E-state index is -3.20. The Labute approximate surface area is 271 Å². The van der Waals surface area contributed by atoms with Gasteiger partial charge in [0.15, 0.2) is 0 Å². The number of carboxylic acids is 1. The molecule has 0 aliphatic rings. The molecule has 0 unspecified atom stereocenters. The average molecular weight is 668 g/mol. The number of hydrogen-bond donors (Lipinski definition) is 1. The van der Waals surface area contributed by atoms with Gasteiger partial charge in [-0.1, -0.05) is 18.5 Å². The van der Waals surface area contributed by atoms with E-state index < -0.39 is 18.1 Å². The summed E-state index contributed by atoms with van der Waals surface area (Å²) >= 11 is 7.64. The second-order valence-electron chi connectivity index (χ2n) is 10.6. The number of rotatable bonds is 11. The van der Waals surface area contributed by atoms with E-state index in [0.29, 0.717) is 55.6 Å². The van der Waals surface area contributed by atoms with Crippen molar-refractivity contribution in [2.24, 2.45) is 0 Å². The van der Waals surface area contributed by atoms with Crippen molar-refractivity contribution in [3.8, 4) is 28.7 Å². The second-order valence-corrected chi connectivity index (χ2v) is 11.9. The molecular formula is C32H28ClF2N5O5S. The van der Waals surface area contributed by atoms with Crippen LogP contribution in [0.15, 0.2) is 40.5 Å². The maximum atomic E-state index is 13.7. The van der Waals surface area contributed by atoms with E-state index >= 15 is 0 Å². The lowest BCUT2D eigenvalue weighted by atomic mass is 10.0. The largest absolute Gasteiger partial charge is 0.491 e. The average Bonchev–Trinajstić information content (AvgIpc) is 3.43. The third kappa shape index (κ3) is 6.37. The number of alkyl halides is 2. The van der Waals surface area contributed by atoms with Gasteiger partial charge in [-0.05, 0) is 57.8 Å². The molecule has 0 saturated heterocycles. The van der Waals surface area contributed by atoms with Crippen molar-refractivity contribution < 1.29 is 28.2 Å². The van der Waals surface area contributed by atoms with Gasteiger partial charge in [-0.15, -0.1) is 11.3 Å². The Morgan fingerprint density at radius 2 is 1.98 bits per heavy atom. The fraction of sp³-hybridized carbons (Fsp3) is 0.281. The number of pyridine rings is 1. The Kier molecular flexibility index (Phi) is 9.52. The lowest BCUT2D eigenvalue weighted by Crippen LogP contribution is -2.27. The van der Waals surface area contributed by atoms with E-state index in [1.54, 1.807) is 49.5 Å². The number of halogens is 3. The number of thiophene rings is 1. The molecule has 0 aliphatic carbocycles. The van der Waals surface area contributed by atoms with Gasteiger partial charge in [-0.25, -0.2) is 9.78 Å². The first kappa shape index (κ1) is 32.7. The molecule has 238 valence electrons. The number of ether oxygens (including phenoxy) is 2. The van der Waals surface area contributed by atoms with Crippen LogP contribution >= 0.6 is 22.9 Å². The van der Waals surface area contributed by atoms with Crippen LogP contribution in [-0.2, 0) is 19.5 Å². The number of aromatic nitrogens is 3. The Morgan fingerprint density at radius 1 is 1.22 bits per heavy atom. The van der Waals surface area contributed by atoms with Crippen LogP contribution in [0.4, 0.5) is 8.78 Å². The van der Waals surface area contributed by atoms with Crippen molar-refractivity contribution in [2.75, 3.05) is 20.7 Å². The summed E-state index contributed by atoms with van der Waals surface area (Å²) in [5.74, 6) is -0.665. The number of hydrogen-bond acceptors (Lipinski definition) is 9. The summed E-state index contributed by atoms with van der Waals surface area (Å²) in [5, 5.41) is 21.5. The number of benzene rings is 2. The standard InChI is InChI=1S/C32H28ClF2N5O5S/c1-5-19-12-21(29-27(38-19)23(15-46-29)31(42)43)20-11-18(33)6-7-25(20)44-9-8-40-16(2)37-24-10-17(14-39(3)4)28(45-32(34)35)22(13-36)26(24)30(40)41/h6-7,10-12,15,32H,5,8-9,14H2,1-4H3,(H,42,43). The smallest absolute Gasteiger partial charge is 0.387 e. The van der Waals surface area contributed by atoms with Crippen LogP contribution in [0.3, 0.4) is 0 Å². The second kappa shape index (κ2) is 13.4. The van der Waals surface area contributed by atoms with Crippen molar-refractivity contribution in [1.29, 1.82) is 5.26 Å². The lowest BCUT2D eigenvalue weighted by molar-refractivity contribution is -0.0508. The molecule has 2 aromatic carbocycles. The predicted octanol–water partition coefficient (Wildman–Crippen LogP) is 6.51. The molecule has 1 N–H and O–H groups in total. The van der Waals surface area contributed by atoms with Crippen molar-refractivity contribution in [3.63, 3.8) is 0 Å². The van der Waals surface area contributed by atoms with E-state index in [2.05, 4.69) is 9.97 Å². The van der Waals surface area contributed by atoms with E-state index in [0.717, 1.165) is 0 Å². The van der Waals surface area contributed by atoms with Crippen molar-refractivity contribution in [3.05, 3.63) is 79.3 Å². The van der Waals surface area contributed by atoms with Gasteiger partial charge in [0.25, 0.3) is 5.56 Å². The summed E-state index contributed by atoms with van der Waals surface area (Å²) in [6, 6.07) is 10.3. The molecule has 3 aromatic heterocycles. The highest BCUT2D eigenvalue weighted by Gasteiger charge is 2.24. The molecule has 0 radical (unpaired) electrons. The molecule has 0 fully saturated rings. The van der Waals surface area contributed by atoms with Gasteiger partial charge in [-0.3, -0.25) is 14.3 Å². The van der Waals surface area contributed by atoms with Gasteiger partial charge < -0.3 is 19.5 Å². The first-order valence-corrected chi connectivity index (χ1v) is 15.3. The van der Waals surface area contributed by atoms with Gasteiger partial charge in [0.2, 0.25) is 0 Å². The van der Waals surface area contributed by atoms with E-state index in [1.165, 1.54) is 22.0 Å². The Balaban J connectivity index is 1.54. The van der Waals surface area contributed by atoms with Crippen molar-refractivity contribution >= 4 is 50.0 Å². The van der Waals surface area contributed by atoms with Gasteiger partial charge in [0, 0.05) is 39.3 Å². The van der Waals surface area contributed by atoms with Gasteiger partial charge >= 0.3 is 12.6 Å². The predicted molar refractivity (Wildman–Crippen MR) is 171 cm³/mol. The van der Waals surface area contributed by atoms with Gasteiger partial charge in [-0.2, -0.15) is 14.0 Å². The van der Waals surface area contributed by atoms with Crippen LogP contribution in [0.5, 0.6) is 11.5 Å². The number of nitrogens with zero attached hydrogens (tertiary/aromatic N) is 5. The Bertz CT molecular complexity index is 2090. The Hall–Kier alpha value is -4.64. The lowest BCUT2D eigenvalue weighted by Gasteiger charge is -2.19. The van der Waals surface area contributed by atoms with Crippen molar-refractivity contribution in [2.45, 2.75) is 40.0 Å². The molecule has 10 nitrogen and oxygen atoms in total. The molecule has 14 heteroatoms. The molecule has 0 spiro atoms. The number of aryl methyl sites for hydroxylation is 2. The van der Waals surface area contributed by atoms with Gasteiger partial charge in [0.05, 0.1) is 33.2 Å². The van der Waals surface area contributed by atoms with Gasteiger partial charge in [0.1, 0.15) is 35.6 Å². The summed E-state index contributed by atoms with van der Waals surface area (Å²) < 4.78 is 39.6. The molecule has 46 heavy (non-hydrogen) atoms. The molecule has 0 saturated carbocycles. The van der Waals surface area contributed by atoms with Crippen LogP contribution < -0.4 is 15.0 Å². The molecule has 3 heterocycles. The SMILES string of the molecule is CCc1cc(-c2cc(Cl)ccc2OCCn2c(C)nc3cc(CN(C)C)c(OC(F)F)c(C#N)c3c2=O)c2scc(C(=O)O)c2n1. The van der Waals surface area contributed by atoms with E-state index in [1.807, 2.05) is 19.1 Å². The van der Waals surface area contributed by atoms with Crippen LogP contribution in [0.2, 0.25) is 5.02 Å². The van der Waals surface area contributed by atoms with Crippen molar-refractivity contribution in [1.82, 2.24) is 19.4 Å². The minimum Gasteiger partial charge on any atom is -0.491 e. The summed E-state index contributed by atoms with van der Waals surface area (Å²) in [4.78, 5) is 36.4. The molecule has 0 amide bonds.